The number of anilines is 1. The van der Waals surface area contributed by atoms with Gasteiger partial charge in [-0.2, -0.15) is 5.10 Å². The predicted molar refractivity (Wildman–Crippen MR) is 111 cm³/mol. The summed E-state index contributed by atoms with van der Waals surface area (Å²) < 4.78 is 1.64. The van der Waals surface area contributed by atoms with Crippen molar-refractivity contribution in [2.75, 3.05) is 19.0 Å². The second-order valence-electron chi connectivity index (χ2n) is 7.05. The summed E-state index contributed by atoms with van der Waals surface area (Å²) >= 11 is 0. The molecule has 2 amide bonds. The number of amides is 2. The highest BCUT2D eigenvalue weighted by Gasteiger charge is 2.21. The second kappa shape index (κ2) is 8.55. The van der Waals surface area contributed by atoms with Gasteiger partial charge in [-0.05, 0) is 36.2 Å². The summed E-state index contributed by atoms with van der Waals surface area (Å²) in [4.78, 5) is 31.3. The molecule has 0 radical (unpaired) electrons. The van der Waals surface area contributed by atoms with Crippen molar-refractivity contribution in [1.82, 2.24) is 25.6 Å². The number of carbonyl (C=O) groups excluding carboxylic acids is 2. The summed E-state index contributed by atoms with van der Waals surface area (Å²) in [7, 11) is 3.79. The van der Waals surface area contributed by atoms with Crippen LogP contribution < -0.4 is 15.8 Å². The van der Waals surface area contributed by atoms with E-state index in [1.54, 1.807) is 29.1 Å². The smallest absolute Gasteiger partial charge is 0.273 e. The van der Waals surface area contributed by atoms with E-state index in [0.29, 0.717) is 22.6 Å². The maximum Gasteiger partial charge on any atom is 0.273 e. The Morgan fingerprint density at radius 3 is 2.45 bits per heavy atom. The van der Waals surface area contributed by atoms with Crippen molar-refractivity contribution < 1.29 is 9.59 Å². The molecule has 0 spiro atoms. The number of hydrogen-bond acceptors (Lipinski definition) is 5. The lowest BCUT2D eigenvalue weighted by Gasteiger charge is -2.14. The number of pyridine rings is 1. The minimum absolute atomic E-state index is 0.0210. The van der Waals surface area contributed by atoms with Crippen molar-refractivity contribution in [3.8, 4) is 5.82 Å². The summed E-state index contributed by atoms with van der Waals surface area (Å²) in [6.07, 6.45) is 3.15. The maximum atomic E-state index is 12.7. The Morgan fingerprint density at radius 1 is 1.03 bits per heavy atom. The Morgan fingerprint density at radius 2 is 1.79 bits per heavy atom. The number of aromatic nitrogens is 3. The molecule has 0 bridgehead atoms. The molecule has 2 heterocycles. The van der Waals surface area contributed by atoms with Crippen LogP contribution in [0.5, 0.6) is 0 Å². The topological polar surface area (TPSA) is 92.2 Å². The van der Waals surface area contributed by atoms with Crippen LogP contribution in [0.1, 0.15) is 46.2 Å². The number of carbonyl (C=O) groups is 2. The summed E-state index contributed by atoms with van der Waals surface area (Å²) in [5.41, 5.74) is 7.38. The molecule has 0 unspecified atom stereocenters. The van der Waals surface area contributed by atoms with Gasteiger partial charge in [-0.15, -0.1) is 0 Å². The SMILES string of the molecule is CC(C)c1c(C(=O)NNC(=O)c2cccc(N(C)C)c2)cnn1-c1ccccn1. The molecule has 0 aliphatic heterocycles. The molecule has 0 aliphatic rings. The van der Waals surface area contributed by atoms with Gasteiger partial charge < -0.3 is 4.90 Å². The average molecular weight is 392 g/mol. The lowest BCUT2D eigenvalue weighted by atomic mass is 10.1. The van der Waals surface area contributed by atoms with Gasteiger partial charge in [0.15, 0.2) is 5.82 Å². The van der Waals surface area contributed by atoms with E-state index in [0.717, 1.165) is 5.69 Å². The lowest BCUT2D eigenvalue weighted by molar-refractivity contribution is 0.0846. The zero-order valence-corrected chi connectivity index (χ0v) is 16.9. The van der Waals surface area contributed by atoms with E-state index >= 15 is 0 Å². The van der Waals surface area contributed by atoms with E-state index in [-0.39, 0.29) is 5.92 Å². The second-order valence-corrected chi connectivity index (χ2v) is 7.05. The van der Waals surface area contributed by atoms with Gasteiger partial charge in [-0.3, -0.25) is 20.4 Å². The Balaban J connectivity index is 1.77. The van der Waals surface area contributed by atoms with E-state index in [1.165, 1.54) is 6.20 Å². The Bertz CT molecular complexity index is 1010. The summed E-state index contributed by atoms with van der Waals surface area (Å²) in [6, 6.07) is 12.6. The van der Waals surface area contributed by atoms with E-state index in [4.69, 9.17) is 0 Å². The van der Waals surface area contributed by atoms with Crippen LogP contribution in [0.2, 0.25) is 0 Å². The average Bonchev–Trinajstić information content (AvgIpc) is 3.18. The molecule has 2 N–H and O–H groups in total. The Hall–Kier alpha value is -3.68. The minimum atomic E-state index is -0.437. The number of nitrogens with one attached hydrogen (secondary N) is 2. The van der Waals surface area contributed by atoms with Gasteiger partial charge >= 0.3 is 0 Å². The molecule has 150 valence electrons. The monoisotopic (exact) mass is 392 g/mol. The fourth-order valence-corrected chi connectivity index (χ4v) is 2.93. The van der Waals surface area contributed by atoms with Crippen LogP contribution in [0.4, 0.5) is 5.69 Å². The zero-order chi connectivity index (χ0) is 21.0. The number of benzene rings is 1. The van der Waals surface area contributed by atoms with Gasteiger partial charge in [-0.1, -0.05) is 26.0 Å². The Kier molecular flexibility index (Phi) is 5.92. The highest BCUT2D eigenvalue weighted by molar-refractivity contribution is 6.00. The van der Waals surface area contributed by atoms with Gasteiger partial charge in [0.05, 0.1) is 17.5 Å². The van der Waals surface area contributed by atoms with Crippen LogP contribution in [0.3, 0.4) is 0 Å². The summed E-state index contributed by atoms with van der Waals surface area (Å²) in [5.74, 6) is -0.189. The molecule has 0 aliphatic carbocycles. The molecule has 8 heteroatoms. The van der Waals surface area contributed by atoms with Crippen LogP contribution in [-0.2, 0) is 0 Å². The summed E-state index contributed by atoms with van der Waals surface area (Å²) in [5, 5.41) is 4.32. The molecule has 29 heavy (non-hydrogen) atoms. The lowest BCUT2D eigenvalue weighted by Crippen LogP contribution is -2.42. The minimum Gasteiger partial charge on any atom is -0.378 e. The van der Waals surface area contributed by atoms with Crippen LogP contribution in [-0.4, -0.2) is 40.7 Å². The molecule has 3 aromatic rings. The van der Waals surface area contributed by atoms with E-state index in [1.807, 2.05) is 57.1 Å². The van der Waals surface area contributed by atoms with Gasteiger partial charge in [0.1, 0.15) is 0 Å². The zero-order valence-electron chi connectivity index (χ0n) is 16.9. The van der Waals surface area contributed by atoms with Crippen molar-refractivity contribution in [3.63, 3.8) is 0 Å². The van der Waals surface area contributed by atoms with Crippen molar-refractivity contribution in [3.05, 3.63) is 71.7 Å². The first-order valence-corrected chi connectivity index (χ1v) is 9.26. The largest absolute Gasteiger partial charge is 0.378 e. The number of rotatable bonds is 5. The summed E-state index contributed by atoms with van der Waals surface area (Å²) in [6.45, 7) is 3.94. The number of hydrogen-bond donors (Lipinski definition) is 2. The molecule has 0 saturated carbocycles. The molecule has 8 nitrogen and oxygen atoms in total. The first kappa shape index (κ1) is 20.1. The van der Waals surface area contributed by atoms with E-state index < -0.39 is 11.8 Å². The highest BCUT2D eigenvalue weighted by Crippen LogP contribution is 2.22. The van der Waals surface area contributed by atoms with Gasteiger partial charge in [0.2, 0.25) is 0 Å². The van der Waals surface area contributed by atoms with Crippen molar-refractivity contribution >= 4 is 17.5 Å². The van der Waals surface area contributed by atoms with Gasteiger partial charge in [0, 0.05) is 31.5 Å². The maximum absolute atomic E-state index is 12.7. The first-order chi connectivity index (χ1) is 13.9. The third kappa shape index (κ3) is 4.43. The molecule has 0 atom stereocenters. The Labute approximate surface area is 169 Å². The van der Waals surface area contributed by atoms with Gasteiger partial charge in [-0.25, -0.2) is 9.67 Å². The number of nitrogens with zero attached hydrogens (tertiary/aromatic N) is 4. The van der Waals surface area contributed by atoms with Crippen LogP contribution in [0, 0.1) is 0 Å². The van der Waals surface area contributed by atoms with Crippen LogP contribution in [0.25, 0.3) is 5.82 Å². The molecule has 3 rings (SSSR count). The van der Waals surface area contributed by atoms with E-state index in [2.05, 4.69) is 20.9 Å². The standard InChI is InChI=1S/C21H24N6O2/c1-14(2)19-17(13-23-27(19)18-10-5-6-11-22-18)21(29)25-24-20(28)15-8-7-9-16(12-15)26(3)4/h5-14H,1-4H3,(H,24,28)(H,25,29). The molecule has 1 aromatic carbocycles. The van der Waals surface area contributed by atoms with Gasteiger partial charge in [0.25, 0.3) is 11.8 Å². The molecular formula is C21H24N6O2. The van der Waals surface area contributed by atoms with Crippen LogP contribution in [0.15, 0.2) is 54.9 Å². The molecule has 0 fully saturated rings. The fourth-order valence-electron chi connectivity index (χ4n) is 2.93. The molecular weight excluding hydrogens is 368 g/mol. The normalized spacial score (nSPS) is 10.7. The fraction of sp³-hybridized carbons (Fsp3) is 0.238. The van der Waals surface area contributed by atoms with Crippen molar-refractivity contribution in [1.29, 1.82) is 0 Å². The third-order valence-electron chi connectivity index (χ3n) is 4.38. The molecule has 0 saturated heterocycles. The van der Waals surface area contributed by atoms with Crippen LogP contribution >= 0.6 is 0 Å². The number of hydrazine groups is 1. The molecule has 2 aromatic heterocycles. The third-order valence-corrected chi connectivity index (χ3v) is 4.38. The predicted octanol–water partition coefficient (Wildman–Crippen LogP) is 2.53. The first-order valence-electron chi connectivity index (χ1n) is 9.26. The highest BCUT2D eigenvalue weighted by atomic mass is 16.2. The quantitative estimate of drug-likeness (QED) is 0.651. The van der Waals surface area contributed by atoms with E-state index in [9.17, 15) is 9.59 Å². The van der Waals surface area contributed by atoms with Crippen molar-refractivity contribution in [2.24, 2.45) is 0 Å². The van der Waals surface area contributed by atoms with Crippen molar-refractivity contribution in [2.45, 2.75) is 19.8 Å².